The topological polar surface area (TPSA) is 134 Å². The number of carbonyl (C=O) groups is 2. The summed E-state index contributed by atoms with van der Waals surface area (Å²) in [7, 11) is 0. The molecular weight excluding hydrogens is 532 g/mol. The number of hydrogen-bond donors (Lipinski definition) is 1. The zero-order valence-electron chi connectivity index (χ0n) is 22.7. The molecule has 0 aliphatic rings. The van der Waals surface area contributed by atoms with Crippen LogP contribution in [0.1, 0.15) is 107 Å². The van der Waals surface area contributed by atoms with Crippen molar-refractivity contribution in [2.24, 2.45) is 0 Å². The molecule has 1 amide bonds. The third kappa shape index (κ3) is 10.2. The minimum absolute atomic E-state index is 0.105. The lowest BCUT2D eigenvalue weighted by Crippen LogP contribution is -2.23. The average Bonchev–Trinajstić information content (AvgIpc) is 3.28. The van der Waals surface area contributed by atoms with E-state index in [1.54, 1.807) is 0 Å². The van der Waals surface area contributed by atoms with Crippen LogP contribution < -0.4 is 10.1 Å². The molecule has 1 N–H and O–H groups in total. The number of carbonyl (C=O) groups excluding carboxylic acids is 2. The highest BCUT2D eigenvalue weighted by Crippen LogP contribution is 2.34. The van der Waals surface area contributed by atoms with Crippen molar-refractivity contribution in [3.63, 3.8) is 0 Å². The van der Waals surface area contributed by atoms with E-state index in [9.17, 15) is 19.7 Å². The second-order valence-electron chi connectivity index (χ2n) is 9.92. The lowest BCUT2D eigenvalue weighted by atomic mass is 10.1. The summed E-state index contributed by atoms with van der Waals surface area (Å²) in [6, 6.07) is 2.41. The minimum atomic E-state index is -0.691. The lowest BCUT2D eigenvalue weighted by molar-refractivity contribution is -0.385. The fourth-order valence-electron chi connectivity index (χ4n) is 3.72. The second kappa shape index (κ2) is 15.0. The average molecular weight is 569 g/mol. The number of benzene rings is 1. The Balaban J connectivity index is 1.88. The molecule has 12 heteroatoms. The molecule has 0 unspecified atom stereocenters. The van der Waals surface area contributed by atoms with E-state index in [0.29, 0.717) is 19.4 Å². The molecule has 0 spiro atoms. The Morgan fingerprint density at radius 3 is 2.39 bits per heavy atom. The first-order chi connectivity index (χ1) is 17.9. The molecule has 0 saturated heterocycles. The molecule has 0 saturated carbocycles. The summed E-state index contributed by atoms with van der Waals surface area (Å²) in [5.74, 6) is -0.491. The van der Waals surface area contributed by atoms with Crippen LogP contribution in [-0.2, 0) is 9.53 Å². The van der Waals surface area contributed by atoms with Crippen molar-refractivity contribution in [1.29, 1.82) is 0 Å². The molecule has 10 nitrogen and oxygen atoms in total. The third-order valence-electron chi connectivity index (χ3n) is 5.69. The summed E-state index contributed by atoms with van der Waals surface area (Å²) in [5.41, 5.74) is -1.06. The number of anilines is 1. The predicted octanol–water partition coefficient (Wildman–Crippen LogP) is 7.32. The van der Waals surface area contributed by atoms with Gasteiger partial charge in [0.15, 0.2) is 0 Å². The molecule has 0 aliphatic carbocycles. The Kier molecular flexibility index (Phi) is 12.4. The van der Waals surface area contributed by atoms with Gasteiger partial charge in [0.05, 0.1) is 22.6 Å². The van der Waals surface area contributed by atoms with Crippen LogP contribution in [0.25, 0.3) is 0 Å². The number of nitrogens with zero attached hydrogens (tertiary/aromatic N) is 3. The number of nitro benzene ring substituents is 1. The predicted molar refractivity (Wildman–Crippen MR) is 148 cm³/mol. The Hall–Kier alpha value is -2.79. The highest BCUT2D eigenvalue weighted by atomic mass is 35.5. The van der Waals surface area contributed by atoms with E-state index in [-0.39, 0.29) is 33.4 Å². The molecule has 0 bridgehead atoms. The van der Waals surface area contributed by atoms with Gasteiger partial charge in [0.2, 0.25) is 5.13 Å². The number of rotatable bonds is 15. The molecule has 38 heavy (non-hydrogen) atoms. The Labute approximate surface area is 232 Å². The zero-order chi connectivity index (χ0) is 28.3. The number of amides is 1. The van der Waals surface area contributed by atoms with E-state index < -0.39 is 22.1 Å². The van der Waals surface area contributed by atoms with Crippen molar-refractivity contribution < 1.29 is 24.0 Å². The number of aromatic nitrogens is 2. The van der Waals surface area contributed by atoms with Crippen molar-refractivity contribution in [1.82, 2.24) is 10.2 Å². The number of unbranched alkanes of at least 4 members (excludes halogenated alkanes) is 4. The van der Waals surface area contributed by atoms with E-state index in [4.69, 9.17) is 21.1 Å². The number of esters is 1. The normalized spacial score (nSPS) is 11.4. The van der Waals surface area contributed by atoms with Crippen LogP contribution in [0, 0.1) is 10.1 Å². The van der Waals surface area contributed by atoms with Gasteiger partial charge in [-0.25, -0.2) is 0 Å². The first-order valence-corrected chi connectivity index (χ1v) is 14.1. The van der Waals surface area contributed by atoms with Crippen LogP contribution in [0.5, 0.6) is 5.75 Å². The maximum Gasteiger partial charge on any atom is 0.306 e. The van der Waals surface area contributed by atoms with Gasteiger partial charge in [0.1, 0.15) is 21.9 Å². The van der Waals surface area contributed by atoms with Crippen molar-refractivity contribution in [2.75, 3.05) is 11.9 Å². The quantitative estimate of drug-likeness (QED) is 0.102. The highest BCUT2D eigenvalue weighted by molar-refractivity contribution is 7.15. The van der Waals surface area contributed by atoms with E-state index >= 15 is 0 Å². The van der Waals surface area contributed by atoms with Crippen molar-refractivity contribution in [3.05, 3.63) is 37.8 Å². The number of halogens is 1. The smallest absolute Gasteiger partial charge is 0.306 e. The summed E-state index contributed by atoms with van der Waals surface area (Å²) >= 11 is 7.55. The third-order valence-corrected chi connectivity index (χ3v) is 6.99. The molecule has 2 rings (SSSR count). The fraction of sp³-hybridized carbons (Fsp3) is 0.615. The molecule has 0 atom stereocenters. The van der Waals surface area contributed by atoms with Crippen LogP contribution in [0.15, 0.2) is 12.1 Å². The van der Waals surface area contributed by atoms with Gasteiger partial charge in [-0.3, -0.25) is 25.0 Å². The molecule has 1 aromatic carbocycles. The van der Waals surface area contributed by atoms with Gasteiger partial charge in [-0.05, 0) is 52.5 Å². The largest absolute Gasteiger partial charge is 0.492 e. The van der Waals surface area contributed by atoms with Crippen molar-refractivity contribution >= 4 is 45.6 Å². The van der Waals surface area contributed by atoms with Gasteiger partial charge in [-0.1, -0.05) is 56.0 Å². The van der Waals surface area contributed by atoms with Crippen LogP contribution in [-0.4, -0.2) is 39.2 Å². The Bertz CT molecular complexity index is 1100. The summed E-state index contributed by atoms with van der Waals surface area (Å²) in [6.07, 6.45) is 6.35. The molecule has 0 aliphatic heterocycles. The molecule has 2 aromatic rings. The fourth-order valence-corrected chi connectivity index (χ4v) is 4.94. The van der Waals surface area contributed by atoms with E-state index in [1.807, 2.05) is 20.8 Å². The number of hydrogen-bond acceptors (Lipinski definition) is 9. The van der Waals surface area contributed by atoms with Crippen LogP contribution in [0.2, 0.25) is 5.02 Å². The van der Waals surface area contributed by atoms with Crippen LogP contribution >= 0.6 is 22.9 Å². The maximum atomic E-state index is 12.8. The van der Waals surface area contributed by atoms with Crippen molar-refractivity contribution in [3.8, 4) is 5.75 Å². The summed E-state index contributed by atoms with van der Waals surface area (Å²) in [4.78, 5) is 35.6. The first kappa shape index (κ1) is 31.4. The van der Waals surface area contributed by atoms with E-state index in [1.165, 1.54) is 23.5 Å². The van der Waals surface area contributed by atoms with Gasteiger partial charge in [-0.15, -0.1) is 10.2 Å². The Morgan fingerprint density at radius 1 is 1.11 bits per heavy atom. The number of nitro groups is 1. The van der Waals surface area contributed by atoms with Crippen molar-refractivity contribution in [2.45, 2.75) is 97.5 Å². The molecular formula is C26H37ClN4O6S. The van der Waals surface area contributed by atoms with E-state index in [2.05, 4.69) is 29.4 Å². The molecule has 1 aromatic heterocycles. The summed E-state index contributed by atoms with van der Waals surface area (Å²) in [6.45, 7) is 9.96. The maximum absolute atomic E-state index is 12.8. The minimum Gasteiger partial charge on any atom is -0.492 e. The molecule has 1 heterocycles. The number of nitrogens with one attached hydrogen (secondary N) is 1. The lowest BCUT2D eigenvalue weighted by Gasteiger charge is -2.19. The standard InChI is InChI=1S/C26H37ClN4O6S/c1-6-17(7-2)24-29-30-25(38-24)28-23(33)18-15-19(27)21(16-20(18)31(34)35)36-14-12-10-8-9-11-13-22(32)37-26(3,4)5/h15-17H,6-14H2,1-5H3,(H,28,30,33). The number of ether oxygens (including phenoxy) is 2. The van der Waals surface area contributed by atoms with Crippen LogP contribution in [0.4, 0.5) is 10.8 Å². The van der Waals surface area contributed by atoms with E-state index in [0.717, 1.165) is 43.5 Å². The summed E-state index contributed by atoms with van der Waals surface area (Å²) in [5, 5.41) is 23.6. The summed E-state index contributed by atoms with van der Waals surface area (Å²) < 4.78 is 11.0. The molecule has 210 valence electrons. The van der Waals surface area contributed by atoms with Gasteiger partial charge in [0.25, 0.3) is 11.6 Å². The van der Waals surface area contributed by atoms with Crippen LogP contribution in [0.3, 0.4) is 0 Å². The Morgan fingerprint density at radius 2 is 1.76 bits per heavy atom. The zero-order valence-corrected chi connectivity index (χ0v) is 24.2. The van der Waals surface area contributed by atoms with Gasteiger partial charge >= 0.3 is 5.97 Å². The van der Waals surface area contributed by atoms with Gasteiger partial charge in [-0.2, -0.15) is 0 Å². The second-order valence-corrected chi connectivity index (χ2v) is 11.3. The SMILES string of the molecule is CCC(CC)c1nnc(NC(=O)c2cc(Cl)c(OCCCCCCCC(=O)OC(C)(C)C)cc2[N+](=O)[O-])s1. The highest BCUT2D eigenvalue weighted by Gasteiger charge is 2.25. The van der Waals surface area contributed by atoms with Gasteiger partial charge < -0.3 is 9.47 Å². The monoisotopic (exact) mass is 568 g/mol. The molecule has 0 fully saturated rings. The first-order valence-electron chi connectivity index (χ1n) is 12.9. The molecule has 0 radical (unpaired) electrons. The van der Waals surface area contributed by atoms with Gasteiger partial charge in [0, 0.05) is 12.3 Å².